The largest absolute Gasteiger partial charge is 0.507 e. The molecule has 182 valence electrons. The van der Waals surface area contributed by atoms with Crippen molar-refractivity contribution in [3.05, 3.63) is 65.7 Å². The number of para-hydroxylation sites is 2. The summed E-state index contributed by atoms with van der Waals surface area (Å²) in [6.45, 7) is 3.42. The number of allylic oxidation sites excluding steroid dienone is 1. The Morgan fingerprint density at radius 3 is 2.63 bits per heavy atom. The van der Waals surface area contributed by atoms with Crippen molar-refractivity contribution in [1.82, 2.24) is 14.3 Å². The summed E-state index contributed by atoms with van der Waals surface area (Å²) in [4.78, 5) is 19.8. The van der Waals surface area contributed by atoms with Crippen LogP contribution in [0.4, 0.5) is 0 Å². The molecule has 2 unspecified atom stereocenters. The second-order valence-corrected chi connectivity index (χ2v) is 10.2. The molecule has 0 bridgehead atoms. The number of benzene rings is 2. The smallest absolute Gasteiger partial charge is 0.338 e. The van der Waals surface area contributed by atoms with Crippen LogP contribution in [0.1, 0.15) is 30.0 Å². The molecule has 11 heteroatoms. The van der Waals surface area contributed by atoms with Crippen LogP contribution in [-0.4, -0.2) is 65.7 Å². The average Bonchev–Trinajstić information content (AvgIpc) is 3.26. The van der Waals surface area contributed by atoms with Crippen molar-refractivity contribution in [2.75, 3.05) is 19.7 Å². The summed E-state index contributed by atoms with van der Waals surface area (Å²) in [7, 11) is -3.85. The second kappa shape index (κ2) is 9.87. The van der Waals surface area contributed by atoms with Crippen molar-refractivity contribution in [2.24, 2.45) is 0 Å². The molecule has 2 atom stereocenters. The van der Waals surface area contributed by atoms with E-state index < -0.39 is 28.4 Å². The minimum Gasteiger partial charge on any atom is -0.507 e. The Morgan fingerprint density at radius 2 is 1.94 bits per heavy atom. The van der Waals surface area contributed by atoms with E-state index in [1.165, 1.54) is 28.6 Å². The van der Waals surface area contributed by atoms with Gasteiger partial charge in [0.2, 0.25) is 10.0 Å². The summed E-state index contributed by atoms with van der Waals surface area (Å²) in [6, 6.07) is 14.5. The monoisotopic (exact) mass is 496 g/mol. The number of nitrogens with zero attached hydrogens (tertiary/aromatic N) is 3. The highest BCUT2D eigenvalue weighted by Crippen LogP contribution is 2.23. The maximum Gasteiger partial charge on any atom is 0.338 e. The van der Waals surface area contributed by atoms with Crippen LogP contribution in [0.2, 0.25) is 0 Å². The van der Waals surface area contributed by atoms with E-state index in [9.17, 15) is 23.6 Å². The number of hydrogen-bond donors (Lipinski definition) is 2. The predicted molar refractivity (Wildman–Crippen MR) is 127 cm³/mol. The number of nitriles is 1. The van der Waals surface area contributed by atoms with Gasteiger partial charge in [0.1, 0.15) is 18.2 Å². The normalized spacial score (nSPS) is 19.7. The molecule has 10 nitrogen and oxygen atoms in total. The van der Waals surface area contributed by atoms with Gasteiger partial charge in [0.15, 0.2) is 11.6 Å². The highest BCUT2D eigenvalue weighted by Gasteiger charge is 2.32. The lowest BCUT2D eigenvalue weighted by atomic mass is 10.2. The molecule has 1 aliphatic heterocycles. The zero-order valence-electron chi connectivity index (χ0n) is 19.1. The molecule has 1 fully saturated rings. The van der Waals surface area contributed by atoms with E-state index in [2.05, 4.69) is 9.97 Å². The molecular weight excluding hydrogens is 472 g/mol. The fraction of sp³-hybridized carbons (Fsp3) is 0.292. The molecule has 0 aliphatic carbocycles. The number of ether oxygens (including phenoxy) is 2. The zero-order valence-corrected chi connectivity index (χ0v) is 19.9. The maximum absolute atomic E-state index is 13.1. The summed E-state index contributed by atoms with van der Waals surface area (Å²) in [5.74, 6) is -1.19. The third-order valence-corrected chi connectivity index (χ3v) is 7.29. The quantitative estimate of drug-likeness (QED) is 0.301. The van der Waals surface area contributed by atoms with E-state index in [0.29, 0.717) is 11.0 Å². The summed E-state index contributed by atoms with van der Waals surface area (Å²) >= 11 is 0. The summed E-state index contributed by atoms with van der Waals surface area (Å²) in [5.41, 5.74) is 1.13. The number of hydrogen-bond acceptors (Lipinski definition) is 8. The number of aromatic nitrogens is 2. The lowest BCUT2D eigenvalue weighted by molar-refractivity contribution is -0.0440. The minimum absolute atomic E-state index is 0.00419. The Bertz CT molecular complexity index is 1400. The zero-order chi connectivity index (χ0) is 25.2. The Morgan fingerprint density at radius 1 is 1.23 bits per heavy atom. The topological polar surface area (TPSA) is 146 Å². The molecule has 1 saturated heterocycles. The first-order valence-corrected chi connectivity index (χ1v) is 12.3. The van der Waals surface area contributed by atoms with Gasteiger partial charge in [-0.3, -0.25) is 0 Å². The Balaban J connectivity index is 1.50. The molecule has 4 rings (SSSR count). The van der Waals surface area contributed by atoms with Crippen molar-refractivity contribution in [1.29, 1.82) is 5.26 Å². The molecule has 2 aromatic carbocycles. The van der Waals surface area contributed by atoms with Gasteiger partial charge in [-0.2, -0.15) is 9.57 Å². The van der Waals surface area contributed by atoms with Crippen LogP contribution in [0.25, 0.3) is 16.6 Å². The lowest BCUT2D eigenvalue weighted by Crippen LogP contribution is -2.48. The number of H-pyrrole nitrogens is 1. The first-order valence-electron chi connectivity index (χ1n) is 10.9. The van der Waals surface area contributed by atoms with Gasteiger partial charge >= 0.3 is 5.97 Å². The van der Waals surface area contributed by atoms with Crippen LogP contribution < -0.4 is 0 Å². The van der Waals surface area contributed by atoms with E-state index in [0.717, 1.165) is 0 Å². The van der Waals surface area contributed by atoms with Gasteiger partial charge in [-0.05, 0) is 44.2 Å². The van der Waals surface area contributed by atoms with Crippen LogP contribution in [0.5, 0.6) is 0 Å². The molecule has 0 saturated carbocycles. The van der Waals surface area contributed by atoms with E-state index in [1.807, 2.05) is 6.07 Å². The number of rotatable bonds is 6. The summed E-state index contributed by atoms with van der Waals surface area (Å²) in [6.07, 6.45) is -0.505. The van der Waals surface area contributed by atoms with E-state index in [4.69, 9.17) is 9.47 Å². The number of esters is 1. The number of sulfonamides is 1. The van der Waals surface area contributed by atoms with Gasteiger partial charge < -0.3 is 19.6 Å². The van der Waals surface area contributed by atoms with Gasteiger partial charge in [-0.1, -0.05) is 18.2 Å². The summed E-state index contributed by atoms with van der Waals surface area (Å²) < 4.78 is 38.3. The number of nitrogens with one attached hydrogen (secondary N) is 1. The first kappa shape index (κ1) is 24.4. The molecule has 0 spiro atoms. The highest BCUT2D eigenvalue weighted by atomic mass is 32.2. The van der Waals surface area contributed by atoms with Crippen LogP contribution in [0, 0.1) is 11.3 Å². The minimum atomic E-state index is -3.85. The van der Waals surface area contributed by atoms with Crippen molar-refractivity contribution in [3.63, 3.8) is 0 Å². The van der Waals surface area contributed by atoms with E-state index in [-0.39, 0.29) is 47.2 Å². The van der Waals surface area contributed by atoms with Crippen molar-refractivity contribution in [2.45, 2.75) is 31.0 Å². The highest BCUT2D eigenvalue weighted by molar-refractivity contribution is 7.89. The predicted octanol–water partition coefficient (Wildman–Crippen LogP) is 3.01. The molecule has 3 aromatic rings. The Hall–Kier alpha value is -3.72. The molecule has 35 heavy (non-hydrogen) atoms. The maximum atomic E-state index is 13.1. The van der Waals surface area contributed by atoms with Gasteiger partial charge in [-0.25, -0.2) is 18.2 Å². The second-order valence-electron chi connectivity index (χ2n) is 8.22. The lowest BCUT2D eigenvalue weighted by Gasteiger charge is -2.34. The number of aliphatic hydroxyl groups excluding tert-OH is 1. The van der Waals surface area contributed by atoms with Crippen LogP contribution in [0.3, 0.4) is 0 Å². The van der Waals surface area contributed by atoms with Crippen molar-refractivity contribution in [3.8, 4) is 6.07 Å². The number of fused-ring (bicyclic) bond motifs is 1. The first-order chi connectivity index (χ1) is 16.7. The van der Waals surface area contributed by atoms with Gasteiger partial charge in [0.25, 0.3) is 0 Å². The van der Waals surface area contributed by atoms with Gasteiger partial charge in [0.05, 0.1) is 33.7 Å². The third kappa shape index (κ3) is 5.19. The molecule has 1 aliphatic rings. The number of carbonyl (C=O) groups is 1. The van der Waals surface area contributed by atoms with Crippen molar-refractivity contribution < 1.29 is 27.8 Å². The van der Waals surface area contributed by atoms with Crippen LogP contribution in [0.15, 0.2) is 59.2 Å². The van der Waals surface area contributed by atoms with Crippen molar-refractivity contribution >= 4 is 32.6 Å². The molecular formula is C24H24N4O6S. The molecule has 2 heterocycles. The van der Waals surface area contributed by atoms with E-state index >= 15 is 0 Å². The molecule has 2 N–H and O–H groups in total. The molecule has 0 radical (unpaired) electrons. The number of aromatic amines is 1. The fourth-order valence-electron chi connectivity index (χ4n) is 3.87. The van der Waals surface area contributed by atoms with Gasteiger partial charge in [0, 0.05) is 13.1 Å². The number of imidazole rings is 1. The third-order valence-electron chi connectivity index (χ3n) is 5.46. The molecule has 0 amide bonds. The SMILES string of the molecule is CC1CN(S(=O)(=O)c2cccc(C(=O)OCC(O)=C(C#N)c3nc4ccccc4[nH]3)c2)CC(C)O1. The van der Waals surface area contributed by atoms with Crippen LogP contribution >= 0.6 is 0 Å². The standard InChI is InChI=1S/C24H24N4O6S/c1-15-12-28(13-16(2)34-15)35(31,32)18-7-5-6-17(10-18)24(30)33-14-22(29)19(11-25)23-26-20-8-3-4-9-21(20)27-23/h3-10,15-16,29H,12-14H2,1-2H3,(H,26,27). The fourth-order valence-corrected chi connectivity index (χ4v) is 5.51. The van der Waals surface area contributed by atoms with Gasteiger partial charge in [-0.15, -0.1) is 0 Å². The average molecular weight is 497 g/mol. The number of carbonyl (C=O) groups excluding carboxylic acids is 1. The van der Waals surface area contributed by atoms with E-state index in [1.54, 1.807) is 38.1 Å². The Kier molecular flexibility index (Phi) is 6.88. The molecule has 1 aromatic heterocycles. The number of aliphatic hydroxyl groups is 1. The van der Waals surface area contributed by atoms with Crippen LogP contribution in [-0.2, 0) is 19.5 Å². The summed E-state index contributed by atoms with van der Waals surface area (Å²) in [5, 5.41) is 19.9. The number of morpholine rings is 1. The Labute approximate surface area is 202 Å².